The number of methoxy groups -OCH3 is 2. The number of aryl methyl sites for hydroxylation is 1. The van der Waals surface area contributed by atoms with E-state index in [1.807, 2.05) is 19.1 Å². The molecule has 10 heteroatoms. The Bertz CT molecular complexity index is 995. The van der Waals surface area contributed by atoms with E-state index in [4.69, 9.17) is 14.2 Å². The maximum absolute atomic E-state index is 12.3. The van der Waals surface area contributed by atoms with Crippen molar-refractivity contribution in [2.75, 3.05) is 26.1 Å². The SMILES string of the molecule is COc1ccc(OC)c(NC(=O)C/C(C)=N/NC(=O)COc2cc(C)c(Br)cc2Br)c1. The first-order chi connectivity index (χ1) is 14.7. The number of ether oxygens (including phenoxy) is 3. The van der Waals surface area contributed by atoms with Crippen LogP contribution in [0.4, 0.5) is 5.69 Å². The van der Waals surface area contributed by atoms with Gasteiger partial charge in [-0.15, -0.1) is 0 Å². The first-order valence-corrected chi connectivity index (χ1v) is 10.7. The summed E-state index contributed by atoms with van der Waals surface area (Å²) in [6, 6.07) is 8.74. The summed E-state index contributed by atoms with van der Waals surface area (Å²) in [7, 11) is 3.04. The molecule has 2 N–H and O–H groups in total. The molecule has 0 aliphatic carbocycles. The molecule has 0 heterocycles. The van der Waals surface area contributed by atoms with Crippen LogP contribution in [0, 0.1) is 6.92 Å². The molecule has 31 heavy (non-hydrogen) atoms. The van der Waals surface area contributed by atoms with Crippen LogP contribution < -0.4 is 25.0 Å². The summed E-state index contributed by atoms with van der Waals surface area (Å²) in [6.45, 7) is 3.34. The minimum atomic E-state index is -0.443. The highest BCUT2D eigenvalue weighted by atomic mass is 79.9. The molecule has 0 bridgehead atoms. The second kappa shape index (κ2) is 11.7. The molecular weight excluding hydrogens is 534 g/mol. The van der Waals surface area contributed by atoms with Gasteiger partial charge in [0.1, 0.15) is 17.2 Å². The van der Waals surface area contributed by atoms with Gasteiger partial charge in [-0.1, -0.05) is 15.9 Å². The van der Waals surface area contributed by atoms with Crippen molar-refractivity contribution in [2.24, 2.45) is 5.10 Å². The molecule has 0 saturated heterocycles. The van der Waals surface area contributed by atoms with Gasteiger partial charge in [0.25, 0.3) is 5.91 Å². The van der Waals surface area contributed by atoms with Crippen LogP contribution in [0.1, 0.15) is 18.9 Å². The summed E-state index contributed by atoms with van der Waals surface area (Å²) >= 11 is 6.82. The fraction of sp³-hybridized carbons (Fsp3) is 0.286. The van der Waals surface area contributed by atoms with Crippen molar-refractivity contribution in [2.45, 2.75) is 20.3 Å². The topological polar surface area (TPSA) is 98.3 Å². The lowest BCUT2D eigenvalue weighted by molar-refractivity contribution is -0.123. The number of amides is 2. The molecular formula is C21H23Br2N3O5. The van der Waals surface area contributed by atoms with Gasteiger partial charge in [-0.3, -0.25) is 9.59 Å². The van der Waals surface area contributed by atoms with Crippen molar-refractivity contribution >= 4 is 55.1 Å². The molecule has 2 aromatic rings. The zero-order valence-corrected chi connectivity index (χ0v) is 20.7. The number of rotatable bonds is 9. The van der Waals surface area contributed by atoms with E-state index in [1.54, 1.807) is 25.1 Å². The Kier molecular flexibility index (Phi) is 9.32. The Hall–Kier alpha value is -2.59. The highest BCUT2D eigenvalue weighted by molar-refractivity contribution is 9.11. The molecule has 8 nitrogen and oxygen atoms in total. The number of carbonyl (C=O) groups excluding carboxylic acids is 2. The number of benzene rings is 2. The van der Waals surface area contributed by atoms with Crippen molar-refractivity contribution in [1.29, 1.82) is 0 Å². The van der Waals surface area contributed by atoms with Crippen LogP contribution >= 0.6 is 31.9 Å². The van der Waals surface area contributed by atoms with Crippen LogP contribution in [0.3, 0.4) is 0 Å². The Morgan fingerprint density at radius 1 is 1.00 bits per heavy atom. The van der Waals surface area contributed by atoms with Crippen molar-refractivity contribution < 1.29 is 23.8 Å². The van der Waals surface area contributed by atoms with E-state index in [1.165, 1.54) is 14.2 Å². The average molecular weight is 557 g/mol. The Labute approximate surface area is 197 Å². The number of nitrogens with zero attached hydrogens (tertiary/aromatic N) is 1. The van der Waals surface area contributed by atoms with Crippen molar-refractivity contribution in [1.82, 2.24) is 5.43 Å². The Balaban J connectivity index is 1.87. The Morgan fingerprint density at radius 3 is 2.42 bits per heavy atom. The maximum atomic E-state index is 12.3. The van der Waals surface area contributed by atoms with Crippen LogP contribution in [0.15, 0.2) is 44.4 Å². The average Bonchev–Trinajstić information content (AvgIpc) is 2.73. The molecule has 2 amide bonds. The fourth-order valence-electron chi connectivity index (χ4n) is 2.45. The minimum absolute atomic E-state index is 0.0149. The number of anilines is 1. The third-order valence-corrected chi connectivity index (χ3v) is 5.51. The smallest absolute Gasteiger partial charge is 0.277 e. The molecule has 166 valence electrons. The van der Waals surface area contributed by atoms with Gasteiger partial charge in [0.05, 0.1) is 30.8 Å². The molecule has 0 saturated carbocycles. The van der Waals surface area contributed by atoms with E-state index in [-0.39, 0.29) is 18.9 Å². The number of carbonyl (C=O) groups is 2. The van der Waals surface area contributed by atoms with E-state index in [2.05, 4.69) is 47.7 Å². The quantitative estimate of drug-likeness (QED) is 0.351. The van der Waals surface area contributed by atoms with E-state index in [0.29, 0.717) is 28.6 Å². The van der Waals surface area contributed by atoms with E-state index in [0.717, 1.165) is 14.5 Å². The normalized spacial score (nSPS) is 11.0. The predicted molar refractivity (Wildman–Crippen MR) is 126 cm³/mol. The Morgan fingerprint density at radius 2 is 1.74 bits per heavy atom. The first kappa shape index (κ1) is 24.7. The van der Waals surface area contributed by atoms with Crippen LogP contribution in [0.2, 0.25) is 0 Å². The summed E-state index contributed by atoms with van der Waals surface area (Å²) in [5.74, 6) is 0.877. The van der Waals surface area contributed by atoms with Crippen molar-refractivity contribution in [3.8, 4) is 17.2 Å². The number of nitrogens with one attached hydrogen (secondary N) is 2. The molecule has 0 fully saturated rings. The second-order valence-electron chi connectivity index (χ2n) is 6.49. The minimum Gasteiger partial charge on any atom is -0.497 e. The van der Waals surface area contributed by atoms with Gasteiger partial charge < -0.3 is 19.5 Å². The van der Waals surface area contributed by atoms with Gasteiger partial charge in [-0.2, -0.15) is 5.10 Å². The molecule has 0 aliphatic heterocycles. The standard InChI is InChI=1S/C21H23Br2N3O5/c1-12-7-19(16(23)10-15(12)22)31-11-21(28)26-25-13(2)8-20(27)24-17-9-14(29-3)5-6-18(17)30-4/h5-7,9-10H,8,11H2,1-4H3,(H,24,27)(H,26,28)/b25-13+. The number of hydrogen-bond donors (Lipinski definition) is 2. The molecule has 0 aliphatic rings. The lowest BCUT2D eigenvalue weighted by Crippen LogP contribution is -2.26. The third kappa shape index (κ3) is 7.55. The van der Waals surface area contributed by atoms with Crippen molar-refractivity contribution in [3.05, 3.63) is 44.8 Å². The highest BCUT2D eigenvalue weighted by Crippen LogP contribution is 2.31. The second-order valence-corrected chi connectivity index (χ2v) is 8.20. The molecule has 0 spiro atoms. The lowest BCUT2D eigenvalue weighted by atomic mass is 10.2. The molecule has 0 radical (unpaired) electrons. The molecule has 0 atom stereocenters. The summed E-state index contributed by atoms with van der Waals surface area (Å²) in [6.07, 6.45) is -0.0149. The molecule has 2 aromatic carbocycles. The summed E-state index contributed by atoms with van der Waals surface area (Å²) in [5, 5.41) is 6.70. The maximum Gasteiger partial charge on any atom is 0.277 e. The lowest BCUT2D eigenvalue weighted by Gasteiger charge is -2.12. The predicted octanol–water partition coefficient (Wildman–Crippen LogP) is 4.44. The van der Waals surface area contributed by atoms with Crippen LogP contribution in [-0.2, 0) is 9.59 Å². The fourth-order valence-corrected chi connectivity index (χ4v) is 3.56. The number of halogens is 2. The van der Waals surface area contributed by atoms with Gasteiger partial charge in [0.2, 0.25) is 5.91 Å². The largest absolute Gasteiger partial charge is 0.497 e. The van der Waals surface area contributed by atoms with Gasteiger partial charge >= 0.3 is 0 Å². The number of hydrogen-bond acceptors (Lipinski definition) is 6. The summed E-state index contributed by atoms with van der Waals surface area (Å²) in [5.41, 5.74) is 4.26. The van der Waals surface area contributed by atoms with Gasteiger partial charge in [-0.25, -0.2) is 5.43 Å². The van der Waals surface area contributed by atoms with Gasteiger partial charge in [-0.05, 0) is 59.6 Å². The first-order valence-electron chi connectivity index (χ1n) is 9.15. The van der Waals surface area contributed by atoms with Crippen molar-refractivity contribution in [3.63, 3.8) is 0 Å². The van der Waals surface area contributed by atoms with Gasteiger partial charge in [0.15, 0.2) is 6.61 Å². The zero-order chi connectivity index (χ0) is 23.0. The highest BCUT2D eigenvalue weighted by Gasteiger charge is 2.11. The number of hydrazone groups is 1. The molecule has 2 rings (SSSR count). The van der Waals surface area contributed by atoms with Gasteiger partial charge in [0, 0.05) is 16.3 Å². The van der Waals surface area contributed by atoms with Crippen LogP contribution in [0.25, 0.3) is 0 Å². The molecule has 0 unspecified atom stereocenters. The van der Waals surface area contributed by atoms with Crippen LogP contribution in [0.5, 0.6) is 17.2 Å². The summed E-state index contributed by atoms with van der Waals surface area (Å²) < 4.78 is 17.6. The van der Waals surface area contributed by atoms with E-state index >= 15 is 0 Å². The summed E-state index contributed by atoms with van der Waals surface area (Å²) in [4.78, 5) is 24.3. The van der Waals surface area contributed by atoms with E-state index < -0.39 is 5.91 Å². The third-order valence-electron chi connectivity index (χ3n) is 4.04. The van der Waals surface area contributed by atoms with E-state index in [9.17, 15) is 9.59 Å². The van der Waals surface area contributed by atoms with Crippen LogP contribution in [-0.4, -0.2) is 38.4 Å². The molecule has 0 aromatic heterocycles. The zero-order valence-electron chi connectivity index (χ0n) is 17.5. The monoisotopic (exact) mass is 555 g/mol.